The molecule has 1 aliphatic carbocycles. The number of ketones is 1. The van der Waals surface area contributed by atoms with Gasteiger partial charge in [-0.25, -0.2) is 0 Å². The van der Waals surface area contributed by atoms with Gasteiger partial charge in [-0.15, -0.1) is 0 Å². The van der Waals surface area contributed by atoms with Gasteiger partial charge in [-0.2, -0.15) is 0 Å². The summed E-state index contributed by atoms with van der Waals surface area (Å²) in [6, 6.07) is 0. The Labute approximate surface area is 66.4 Å². The SMILES string of the molecule is CC(=O)/C=C/C1=CC=C[C+]=C1. The summed E-state index contributed by atoms with van der Waals surface area (Å²) in [5.41, 5.74) is 1.00. The fourth-order valence-electron chi connectivity index (χ4n) is 0.724. The van der Waals surface area contributed by atoms with Crippen molar-refractivity contribution in [2.24, 2.45) is 0 Å². The Morgan fingerprint density at radius 2 is 2.45 bits per heavy atom. The van der Waals surface area contributed by atoms with Gasteiger partial charge in [0.05, 0.1) is 11.6 Å². The van der Waals surface area contributed by atoms with Crippen molar-refractivity contribution in [3.63, 3.8) is 0 Å². The topological polar surface area (TPSA) is 17.1 Å². The van der Waals surface area contributed by atoms with Crippen LogP contribution in [0.4, 0.5) is 0 Å². The average Bonchev–Trinajstić information content (AvgIpc) is 2.03. The van der Waals surface area contributed by atoms with Crippen molar-refractivity contribution in [2.45, 2.75) is 6.92 Å². The second-order valence-electron chi connectivity index (χ2n) is 2.28. The van der Waals surface area contributed by atoms with Gasteiger partial charge in [0.25, 0.3) is 0 Å². The Kier molecular flexibility index (Phi) is 2.53. The maximum Gasteiger partial charge on any atom is 0.153 e. The lowest BCUT2D eigenvalue weighted by molar-refractivity contribution is -0.112. The molecule has 11 heavy (non-hydrogen) atoms. The molecule has 0 N–H and O–H groups in total. The van der Waals surface area contributed by atoms with E-state index >= 15 is 0 Å². The first-order valence-electron chi connectivity index (χ1n) is 3.44. The molecule has 1 aliphatic rings. The summed E-state index contributed by atoms with van der Waals surface area (Å²) in [6.45, 7) is 1.53. The molecule has 1 nitrogen and oxygen atoms in total. The molecule has 1 rings (SSSR count). The van der Waals surface area contributed by atoms with E-state index in [9.17, 15) is 4.79 Å². The predicted molar refractivity (Wildman–Crippen MR) is 44.9 cm³/mol. The van der Waals surface area contributed by atoms with E-state index in [2.05, 4.69) is 6.08 Å². The molecule has 0 aliphatic heterocycles. The van der Waals surface area contributed by atoms with Crippen molar-refractivity contribution < 1.29 is 4.79 Å². The van der Waals surface area contributed by atoms with Gasteiger partial charge < -0.3 is 0 Å². The number of hydrogen-bond donors (Lipinski definition) is 0. The normalized spacial score (nSPS) is 14.8. The van der Waals surface area contributed by atoms with Crippen LogP contribution < -0.4 is 0 Å². The van der Waals surface area contributed by atoms with E-state index in [0.717, 1.165) is 5.57 Å². The monoisotopic (exact) mass is 145 g/mol. The zero-order chi connectivity index (χ0) is 8.10. The quantitative estimate of drug-likeness (QED) is 0.429. The van der Waals surface area contributed by atoms with E-state index in [-0.39, 0.29) is 5.78 Å². The van der Waals surface area contributed by atoms with Crippen LogP contribution in [0.2, 0.25) is 0 Å². The molecular formula is C10H9O+. The fraction of sp³-hybridized carbons (Fsp3) is 0.100. The zero-order valence-corrected chi connectivity index (χ0v) is 6.37. The Morgan fingerprint density at radius 3 is 3.00 bits per heavy atom. The second-order valence-corrected chi connectivity index (χ2v) is 2.28. The lowest BCUT2D eigenvalue weighted by Gasteiger charge is -1.83. The Bertz CT molecular complexity index is 265. The maximum atomic E-state index is 10.5. The number of carbonyl (C=O) groups excluding carboxylic acids is 1. The van der Waals surface area contributed by atoms with Crippen LogP contribution in [0.25, 0.3) is 0 Å². The van der Waals surface area contributed by atoms with Gasteiger partial charge in [-0.1, -0.05) is 0 Å². The van der Waals surface area contributed by atoms with Gasteiger partial charge in [0, 0.05) is 18.2 Å². The van der Waals surface area contributed by atoms with Gasteiger partial charge in [0.15, 0.2) is 5.78 Å². The molecule has 0 saturated heterocycles. The number of carbonyl (C=O) groups is 1. The smallest absolute Gasteiger partial charge is 0.153 e. The predicted octanol–water partition coefficient (Wildman–Crippen LogP) is 1.99. The molecule has 0 atom stereocenters. The van der Waals surface area contributed by atoms with Crippen molar-refractivity contribution in [1.82, 2.24) is 0 Å². The lowest BCUT2D eigenvalue weighted by atomic mass is 10.1. The highest BCUT2D eigenvalue weighted by molar-refractivity contribution is 5.87. The third-order valence-electron chi connectivity index (χ3n) is 1.24. The molecule has 0 radical (unpaired) electrons. The highest BCUT2D eigenvalue weighted by atomic mass is 16.1. The maximum absolute atomic E-state index is 10.5. The molecule has 0 saturated carbocycles. The van der Waals surface area contributed by atoms with Crippen LogP contribution in [0.15, 0.2) is 42.0 Å². The Balaban J connectivity index is 2.64. The highest BCUT2D eigenvalue weighted by Crippen LogP contribution is 2.03. The van der Waals surface area contributed by atoms with Gasteiger partial charge in [-0.05, 0) is 13.0 Å². The minimum absolute atomic E-state index is 0.0638. The summed E-state index contributed by atoms with van der Waals surface area (Å²) in [7, 11) is 0. The summed E-state index contributed by atoms with van der Waals surface area (Å²) >= 11 is 0. The van der Waals surface area contributed by atoms with Crippen molar-refractivity contribution in [2.75, 3.05) is 0 Å². The Hall–Kier alpha value is -1.46. The first kappa shape index (κ1) is 7.64. The van der Waals surface area contributed by atoms with Crippen LogP contribution in [-0.2, 0) is 4.79 Å². The third kappa shape index (κ3) is 2.74. The number of allylic oxidation sites excluding steroid dienone is 8. The largest absolute Gasteiger partial charge is 0.295 e. The van der Waals surface area contributed by atoms with Crippen LogP contribution in [0.1, 0.15) is 6.92 Å². The molecule has 0 aromatic heterocycles. The molecule has 0 bridgehead atoms. The molecular weight excluding hydrogens is 136 g/mol. The summed E-state index contributed by atoms with van der Waals surface area (Å²) in [6.07, 6.45) is 13.7. The molecule has 0 aromatic carbocycles. The van der Waals surface area contributed by atoms with Gasteiger partial charge in [-0.3, -0.25) is 4.79 Å². The van der Waals surface area contributed by atoms with E-state index < -0.39 is 0 Å². The first-order chi connectivity index (χ1) is 5.29. The van der Waals surface area contributed by atoms with Crippen LogP contribution in [0.3, 0.4) is 0 Å². The molecule has 0 amide bonds. The van der Waals surface area contributed by atoms with Crippen molar-refractivity contribution in [3.05, 3.63) is 48.1 Å². The van der Waals surface area contributed by atoms with Gasteiger partial charge in [0.2, 0.25) is 0 Å². The molecule has 0 spiro atoms. The van der Waals surface area contributed by atoms with Crippen LogP contribution in [0, 0.1) is 6.08 Å². The second kappa shape index (κ2) is 3.65. The summed E-state index contributed by atoms with van der Waals surface area (Å²) < 4.78 is 0. The molecule has 1 heteroatoms. The van der Waals surface area contributed by atoms with E-state index in [4.69, 9.17) is 0 Å². The van der Waals surface area contributed by atoms with E-state index in [1.54, 1.807) is 12.2 Å². The number of hydrogen-bond acceptors (Lipinski definition) is 1. The fourth-order valence-corrected chi connectivity index (χ4v) is 0.724. The standard InChI is InChI=1S/C10H9O/c1-9(11)7-8-10-5-3-2-4-6-10/h2-3,5-8H,1H3/q+1/b8-7+. The zero-order valence-electron chi connectivity index (χ0n) is 6.37. The first-order valence-corrected chi connectivity index (χ1v) is 3.44. The van der Waals surface area contributed by atoms with Crippen molar-refractivity contribution in [3.8, 4) is 0 Å². The molecule has 0 fully saturated rings. The van der Waals surface area contributed by atoms with Crippen molar-refractivity contribution in [1.29, 1.82) is 0 Å². The molecule has 54 valence electrons. The van der Waals surface area contributed by atoms with Gasteiger partial charge in [0.1, 0.15) is 12.2 Å². The van der Waals surface area contributed by atoms with Crippen LogP contribution in [0.5, 0.6) is 0 Å². The van der Waals surface area contributed by atoms with Crippen LogP contribution >= 0.6 is 0 Å². The minimum atomic E-state index is 0.0638. The summed E-state index contributed by atoms with van der Waals surface area (Å²) in [4.78, 5) is 10.5. The highest BCUT2D eigenvalue weighted by Gasteiger charge is 1.97. The molecule has 0 aromatic rings. The molecule has 0 unspecified atom stereocenters. The van der Waals surface area contributed by atoms with E-state index in [1.807, 2.05) is 24.3 Å². The summed E-state index contributed by atoms with van der Waals surface area (Å²) in [5, 5.41) is 0. The lowest BCUT2D eigenvalue weighted by Crippen LogP contribution is -1.81. The molecule has 0 heterocycles. The third-order valence-corrected chi connectivity index (χ3v) is 1.24. The van der Waals surface area contributed by atoms with Crippen LogP contribution in [-0.4, -0.2) is 5.78 Å². The summed E-state index contributed by atoms with van der Waals surface area (Å²) in [5.74, 6) is 0.0638. The Morgan fingerprint density at radius 1 is 1.64 bits per heavy atom. The number of rotatable bonds is 2. The van der Waals surface area contributed by atoms with Gasteiger partial charge >= 0.3 is 0 Å². The van der Waals surface area contributed by atoms with E-state index in [0.29, 0.717) is 0 Å². The minimum Gasteiger partial charge on any atom is -0.295 e. The van der Waals surface area contributed by atoms with Crippen molar-refractivity contribution >= 4 is 5.78 Å². The van der Waals surface area contributed by atoms with E-state index in [1.165, 1.54) is 6.92 Å². The average molecular weight is 145 g/mol.